The van der Waals surface area contributed by atoms with Gasteiger partial charge in [-0.15, -0.1) is 0 Å². The molecule has 1 aliphatic heterocycles. The number of hydrogen-bond donors (Lipinski definition) is 2. The third-order valence-corrected chi connectivity index (χ3v) is 5.72. The Morgan fingerprint density at radius 2 is 1.63 bits per heavy atom. The van der Waals surface area contributed by atoms with Crippen LogP contribution in [-0.2, 0) is 17.5 Å². The Bertz CT molecular complexity index is 853. The van der Waals surface area contributed by atoms with Gasteiger partial charge in [-0.2, -0.15) is 13.2 Å². The molecule has 0 aliphatic carbocycles. The number of nitrogens with one attached hydrogen (secondary N) is 1. The Hall–Kier alpha value is -2.38. The molecule has 162 valence electrons. The monoisotopic (exact) mass is 419 g/mol. The fourth-order valence-electron chi connectivity index (χ4n) is 3.60. The van der Waals surface area contributed by atoms with Crippen molar-refractivity contribution < 1.29 is 18.0 Å². The zero-order valence-electron chi connectivity index (χ0n) is 17.3. The normalized spacial score (nSPS) is 17.2. The SMILES string of the molecule is CC(C)c1ccc(NC(=O)C2(N)CCN(Cc3ccc(C(F)(F)F)cc3)CC2)cc1. The summed E-state index contributed by atoms with van der Waals surface area (Å²) in [6.45, 7) is 5.98. The predicted molar refractivity (Wildman–Crippen MR) is 112 cm³/mol. The van der Waals surface area contributed by atoms with Crippen LogP contribution in [0.15, 0.2) is 48.5 Å². The first-order valence-electron chi connectivity index (χ1n) is 10.2. The minimum Gasteiger partial charge on any atom is -0.324 e. The molecule has 0 bridgehead atoms. The Morgan fingerprint density at radius 1 is 1.07 bits per heavy atom. The maximum absolute atomic E-state index is 12.7. The fraction of sp³-hybridized carbons (Fsp3) is 0.435. The number of piperidine rings is 1. The minimum absolute atomic E-state index is 0.200. The van der Waals surface area contributed by atoms with Crippen LogP contribution in [0.3, 0.4) is 0 Å². The second-order valence-corrected chi connectivity index (χ2v) is 8.36. The zero-order valence-corrected chi connectivity index (χ0v) is 17.3. The van der Waals surface area contributed by atoms with Crippen molar-refractivity contribution >= 4 is 11.6 Å². The van der Waals surface area contributed by atoms with E-state index >= 15 is 0 Å². The van der Waals surface area contributed by atoms with Gasteiger partial charge >= 0.3 is 6.18 Å². The standard InChI is InChI=1S/C23H28F3N3O/c1-16(2)18-5-9-20(10-6-18)28-21(30)22(27)11-13-29(14-12-22)15-17-3-7-19(8-4-17)23(24,25)26/h3-10,16H,11-15,27H2,1-2H3,(H,28,30). The quantitative estimate of drug-likeness (QED) is 0.735. The molecule has 0 aromatic heterocycles. The molecule has 0 spiro atoms. The van der Waals surface area contributed by atoms with Crippen LogP contribution in [0, 0.1) is 0 Å². The Labute approximate surface area is 175 Å². The summed E-state index contributed by atoms with van der Waals surface area (Å²) in [5, 5.41) is 2.91. The summed E-state index contributed by atoms with van der Waals surface area (Å²) < 4.78 is 38.1. The third-order valence-electron chi connectivity index (χ3n) is 5.72. The van der Waals surface area contributed by atoms with Gasteiger partial charge in [0.2, 0.25) is 5.91 Å². The lowest BCUT2D eigenvalue weighted by molar-refractivity contribution is -0.137. The number of anilines is 1. The molecule has 1 saturated heterocycles. The van der Waals surface area contributed by atoms with Gasteiger partial charge in [0.25, 0.3) is 0 Å². The van der Waals surface area contributed by atoms with E-state index in [1.165, 1.54) is 17.7 Å². The Kier molecular flexibility index (Phi) is 6.53. The summed E-state index contributed by atoms with van der Waals surface area (Å²) in [6, 6.07) is 13.0. The van der Waals surface area contributed by atoms with Crippen LogP contribution in [0.2, 0.25) is 0 Å². The zero-order chi connectivity index (χ0) is 21.9. The van der Waals surface area contributed by atoms with E-state index in [2.05, 4.69) is 24.1 Å². The third kappa shape index (κ3) is 5.40. The molecule has 1 aliphatic rings. The molecule has 1 amide bonds. The van der Waals surface area contributed by atoms with E-state index in [0.717, 1.165) is 23.4 Å². The number of carbonyl (C=O) groups is 1. The van der Waals surface area contributed by atoms with E-state index < -0.39 is 17.3 Å². The summed E-state index contributed by atoms with van der Waals surface area (Å²) in [4.78, 5) is 14.9. The molecule has 30 heavy (non-hydrogen) atoms. The van der Waals surface area contributed by atoms with Crippen LogP contribution in [0.5, 0.6) is 0 Å². The van der Waals surface area contributed by atoms with Crippen molar-refractivity contribution in [2.75, 3.05) is 18.4 Å². The summed E-state index contributed by atoms with van der Waals surface area (Å²) in [5.74, 6) is 0.221. The second-order valence-electron chi connectivity index (χ2n) is 8.36. The maximum atomic E-state index is 12.7. The topological polar surface area (TPSA) is 58.4 Å². The Morgan fingerprint density at radius 3 is 2.13 bits per heavy atom. The molecule has 1 heterocycles. The van der Waals surface area contributed by atoms with Gasteiger partial charge in [0.15, 0.2) is 0 Å². The van der Waals surface area contributed by atoms with Gasteiger partial charge in [-0.05, 0) is 54.2 Å². The molecular weight excluding hydrogens is 391 g/mol. The van der Waals surface area contributed by atoms with Crippen molar-refractivity contribution in [3.63, 3.8) is 0 Å². The van der Waals surface area contributed by atoms with Crippen molar-refractivity contribution in [1.29, 1.82) is 0 Å². The van der Waals surface area contributed by atoms with Gasteiger partial charge in [-0.25, -0.2) is 0 Å². The number of likely N-dealkylation sites (tertiary alicyclic amines) is 1. The van der Waals surface area contributed by atoms with Crippen LogP contribution in [0.25, 0.3) is 0 Å². The highest BCUT2D eigenvalue weighted by Gasteiger charge is 2.37. The number of nitrogens with two attached hydrogens (primary N) is 1. The van der Waals surface area contributed by atoms with Crippen molar-refractivity contribution in [3.05, 3.63) is 65.2 Å². The first-order valence-corrected chi connectivity index (χ1v) is 10.2. The van der Waals surface area contributed by atoms with Crippen LogP contribution in [0.1, 0.15) is 49.3 Å². The molecule has 2 aromatic carbocycles. The molecule has 0 radical (unpaired) electrons. The number of amides is 1. The van der Waals surface area contributed by atoms with Gasteiger partial charge < -0.3 is 11.1 Å². The van der Waals surface area contributed by atoms with E-state index in [4.69, 9.17) is 5.73 Å². The molecule has 0 saturated carbocycles. The molecule has 2 aromatic rings. The number of alkyl halides is 3. The Balaban J connectivity index is 1.53. The predicted octanol–water partition coefficient (Wildman–Crippen LogP) is 4.76. The summed E-state index contributed by atoms with van der Waals surface area (Å²) in [5.41, 5.74) is 7.52. The molecule has 3 N–H and O–H groups in total. The van der Waals surface area contributed by atoms with Gasteiger partial charge in [0.05, 0.1) is 11.1 Å². The highest BCUT2D eigenvalue weighted by Crippen LogP contribution is 2.30. The lowest BCUT2D eigenvalue weighted by atomic mass is 9.87. The number of nitrogens with zero attached hydrogens (tertiary/aromatic N) is 1. The summed E-state index contributed by atoms with van der Waals surface area (Å²) >= 11 is 0. The van der Waals surface area contributed by atoms with E-state index in [1.807, 2.05) is 24.3 Å². The number of hydrogen-bond acceptors (Lipinski definition) is 3. The largest absolute Gasteiger partial charge is 0.416 e. The minimum atomic E-state index is -4.33. The molecule has 0 unspecified atom stereocenters. The van der Waals surface area contributed by atoms with Crippen LogP contribution in [0.4, 0.5) is 18.9 Å². The highest BCUT2D eigenvalue weighted by atomic mass is 19.4. The molecule has 4 nitrogen and oxygen atoms in total. The van der Waals surface area contributed by atoms with E-state index in [-0.39, 0.29) is 5.91 Å². The lowest BCUT2D eigenvalue weighted by Crippen LogP contribution is -2.57. The fourth-order valence-corrected chi connectivity index (χ4v) is 3.60. The first kappa shape index (κ1) is 22.3. The van der Waals surface area contributed by atoms with Crippen molar-refractivity contribution in [2.24, 2.45) is 5.73 Å². The summed E-state index contributed by atoms with van der Waals surface area (Å²) in [6.07, 6.45) is -3.35. The lowest BCUT2D eigenvalue weighted by Gasteiger charge is -2.38. The van der Waals surface area contributed by atoms with Gasteiger partial charge in [-0.3, -0.25) is 9.69 Å². The maximum Gasteiger partial charge on any atom is 0.416 e. The van der Waals surface area contributed by atoms with Crippen molar-refractivity contribution in [2.45, 2.75) is 50.9 Å². The number of benzene rings is 2. The van der Waals surface area contributed by atoms with E-state index in [9.17, 15) is 18.0 Å². The van der Waals surface area contributed by atoms with Crippen LogP contribution in [-0.4, -0.2) is 29.4 Å². The average Bonchev–Trinajstić information content (AvgIpc) is 2.70. The number of rotatable bonds is 5. The van der Waals surface area contributed by atoms with Gasteiger partial charge in [-0.1, -0.05) is 38.1 Å². The molecule has 0 atom stereocenters. The number of halogens is 3. The van der Waals surface area contributed by atoms with Gasteiger partial charge in [0, 0.05) is 25.3 Å². The smallest absolute Gasteiger partial charge is 0.324 e. The van der Waals surface area contributed by atoms with Crippen molar-refractivity contribution in [1.82, 2.24) is 4.90 Å². The van der Waals surface area contributed by atoms with Gasteiger partial charge in [0.1, 0.15) is 0 Å². The van der Waals surface area contributed by atoms with E-state index in [0.29, 0.717) is 38.4 Å². The van der Waals surface area contributed by atoms with E-state index in [1.54, 1.807) is 0 Å². The summed E-state index contributed by atoms with van der Waals surface area (Å²) in [7, 11) is 0. The second kappa shape index (κ2) is 8.78. The first-order chi connectivity index (χ1) is 14.1. The molecule has 3 rings (SSSR count). The van der Waals surface area contributed by atoms with Crippen molar-refractivity contribution in [3.8, 4) is 0 Å². The van der Waals surface area contributed by atoms with Crippen LogP contribution < -0.4 is 11.1 Å². The molecular formula is C23H28F3N3O. The van der Waals surface area contributed by atoms with Crippen LogP contribution >= 0.6 is 0 Å². The molecule has 1 fully saturated rings. The highest BCUT2D eigenvalue weighted by molar-refractivity contribution is 5.98. The molecule has 7 heteroatoms. The number of carbonyl (C=O) groups excluding carboxylic acids is 1. The average molecular weight is 419 g/mol.